The van der Waals surface area contributed by atoms with E-state index in [1.54, 1.807) is 0 Å². The number of nitrogens with one attached hydrogen (secondary N) is 3. The molecule has 1 aliphatic carbocycles. The van der Waals surface area contributed by atoms with Crippen LogP contribution in [0.2, 0.25) is 0 Å². The van der Waals surface area contributed by atoms with Gasteiger partial charge in [0.25, 0.3) is 0 Å². The molecule has 1 saturated heterocycles. The molecule has 1 aromatic carbocycles. The minimum Gasteiger partial charge on any atom is -0.361 e. The summed E-state index contributed by atoms with van der Waals surface area (Å²) >= 11 is 0. The average Bonchev–Trinajstić information content (AvgIpc) is 3.25. The average molecular weight is 467 g/mol. The fourth-order valence-electron chi connectivity index (χ4n) is 3.92. The zero-order chi connectivity index (χ0) is 17.1. The number of nitrogens with zero attached hydrogens (tertiary/aromatic N) is 2. The van der Waals surface area contributed by atoms with E-state index in [0.29, 0.717) is 0 Å². The van der Waals surface area contributed by atoms with E-state index in [4.69, 9.17) is 0 Å². The van der Waals surface area contributed by atoms with E-state index in [1.807, 2.05) is 7.05 Å². The number of likely N-dealkylation sites (tertiary alicyclic amines) is 1. The van der Waals surface area contributed by atoms with Gasteiger partial charge in [-0.15, -0.1) is 24.0 Å². The molecule has 5 nitrogen and oxygen atoms in total. The lowest BCUT2D eigenvalue weighted by Gasteiger charge is -2.17. The second-order valence-corrected chi connectivity index (χ2v) is 7.37. The summed E-state index contributed by atoms with van der Waals surface area (Å²) in [5.74, 6) is 1.68. The van der Waals surface area contributed by atoms with E-state index in [0.717, 1.165) is 37.4 Å². The molecule has 2 aromatic rings. The van der Waals surface area contributed by atoms with E-state index in [-0.39, 0.29) is 24.0 Å². The van der Waals surface area contributed by atoms with Crippen LogP contribution < -0.4 is 10.6 Å². The number of benzene rings is 1. The van der Waals surface area contributed by atoms with Gasteiger partial charge in [-0.2, -0.15) is 0 Å². The number of hydrogen-bond donors (Lipinski definition) is 3. The molecule has 0 spiro atoms. The third-order valence-electron chi connectivity index (χ3n) is 5.52. The fourth-order valence-corrected chi connectivity index (χ4v) is 3.92. The third kappa shape index (κ3) is 4.71. The first-order chi connectivity index (χ1) is 12.3. The zero-order valence-electron chi connectivity index (χ0n) is 15.5. The second kappa shape index (κ2) is 9.08. The van der Waals surface area contributed by atoms with Crippen molar-refractivity contribution >= 4 is 40.8 Å². The number of halogens is 1. The third-order valence-corrected chi connectivity index (χ3v) is 5.52. The van der Waals surface area contributed by atoms with Crippen molar-refractivity contribution in [3.63, 3.8) is 0 Å². The van der Waals surface area contributed by atoms with Gasteiger partial charge in [0.2, 0.25) is 0 Å². The zero-order valence-corrected chi connectivity index (χ0v) is 17.8. The molecule has 26 heavy (non-hydrogen) atoms. The molecule has 0 bridgehead atoms. The molecule has 2 aliphatic rings. The lowest BCUT2D eigenvalue weighted by atomic mass is 10.1. The predicted octanol–water partition coefficient (Wildman–Crippen LogP) is 2.98. The maximum atomic E-state index is 4.37. The van der Waals surface area contributed by atoms with Crippen LogP contribution in [0.3, 0.4) is 0 Å². The van der Waals surface area contributed by atoms with Gasteiger partial charge in [-0.05, 0) is 49.8 Å². The SMILES string of the molecule is CN=C(NCCc1c[nH]c2ccccc12)NCC1CCN(C2CC2)C1.I. The number of guanidine groups is 1. The Morgan fingerprint density at radius 2 is 2.08 bits per heavy atom. The molecule has 2 fully saturated rings. The summed E-state index contributed by atoms with van der Waals surface area (Å²) in [4.78, 5) is 10.4. The molecule has 1 aromatic heterocycles. The highest BCUT2D eigenvalue weighted by Gasteiger charge is 2.34. The number of hydrogen-bond acceptors (Lipinski definition) is 2. The van der Waals surface area contributed by atoms with Crippen LogP contribution in [-0.2, 0) is 6.42 Å². The molecule has 2 heterocycles. The van der Waals surface area contributed by atoms with Gasteiger partial charge in [0.15, 0.2) is 5.96 Å². The first-order valence-electron chi connectivity index (χ1n) is 9.57. The van der Waals surface area contributed by atoms with E-state index < -0.39 is 0 Å². The van der Waals surface area contributed by atoms with Gasteiger partial charge in [-0.1, -0.05) is 18.2 Å². The Kier molecular flexibility index (Phi) is 6.80. The van der Waals surface area contributed by atoms with E-state index in [1.165, 1.54) is 48.8 Å². The first kappa shape index (κ1) is 19.5. The molecular formula is C20H30IN5. The fraction of sp³-hybridized carbons (Fsp3) is 0.550. The number of aliphatic imine (C=N–C) groups is 1. The summed E-state index contributed by atoms with van der Waals surface area (Å²) in [6.07, 6.45) is 7.25. The van der Waals surface area contributed by atoms with Crippen LogP contribution in [0, 0.1) is 5.92 Å². The van der Waals surface area contributed by atoms with Crippen LogP contribution in [0.4, 0.5) is 0 Å². The molecule has 3 N–H and O–H groups in total. The van der Waals surface area contributed by atoms with E-state index in [9.17, 15) is 0 Å². The van der Waals surface area contributed by atoms with Gasteiger partial charge in [0, 0.05) is 49.8 Å². The molecule has 1 atom stereocenters. The normalized spacial score (nSPS) is 21.0. The van der Waals surface area contributed by atoms with Crippen molar-refractivity contribution in [3.05, 3.63) is 36.0 Å². The first-order valence-corrected chi connectivity index (χ1v) is 9.57. The van der Waals surface area contributed by atoms with E-state index in [2.05, 4.69) is 56.0 Å². The van der Waals surface area contributed by atoms with Gasteiger partial charge < -0.3 is 20.5 Å². The van der Waals surface area contributed by atoms with Crippen LogP contribution in [0.25, 0.3) is 10.9 Å². The van der Waals surface area contributed by atoms with E-state index >= 15 is 0 Å². The topological polar surface area (TPSA) is 55.5 Å². The quantitative estimate of drug-likeness (QED) is 0.348. The predicted molar refractivity (Wildman–Crippen MR) is 119 cm³/mol. The number of para-hydroxylation sites is 1. The highest BCUT2D eigenvalue weighted by atomic mass is 127. The maximum Gasteiger partial charge on any atom is 0.190 e. The molecule has 1 aliphatic heterocycles. The largest absolute Gasteiger partial charge is 0.361 e. The Hall–Kier alpha value is -1.28. The summed E-state index contributed by atoms with van der Waals surface area (Å²) in [6, 6.07) is 9.37. The molecule has 6 heteroatoms. The Balaban J connectivity index is 0.00000196. The number of aromatic nitrogens is 1. The van der Waals surface area contributed by atoms with Crippen LogP contribution >= 0.6 is 24.0 Å². The molecule has 142 valence electrons. The Bertz CT molecular complexity index is 737. The maximum absolute atomic E-state index is 4.37. The standard InChI is InChI=1S/C20H29N5.HI/c1-21-20(24-12-15-9-11-25(14-15)17-6-7-17)22-10-8-16-13-23-19-5-3-2-4-18(16)19;/h2-5,13,15,17,23H,6-12,14H2,1H3,(H2,21,22,24);1H. The van der Waals surface area contributed by atoms with Gasteiger partial charge in [0.05, 0.1) is 0 Å². The van der Waals surface area contributed by atoms with Crippen molar-refractivity contribution in [2.75, 3.05) is 33.2 Å². The molecule has 1 saturated carbocycles. The Labute approximate surface area is 173 Å². The van der Waals surface area contributed by atoms with Crippen LogP contribution in [0.5, 0.6) is 0 Å². The Morgan fingerprint density at radius 1 is 1.23 bits per heavy atom. The smallest absolute Gasteiger partial charge is 0.190 e. The minimum absolute atomic E-state index is 0. The minimum atomic E-state index is 0. The monoisotopic (exact) mass is 467 g/mol. The Morgan fingerprint density at radius 3 is 2.88 bits per heavy atom. The van der Waals surface area contributed by atoms with Crippen molar-refractivity contribution < 1.29 is 0 Å². The number of aromatic amines is 1. The van der Waals surface area contributed by atoms with Gasteiger partial charge in [0.1, 0.15) is 0 Å². The van der Waals surface area contributed by atoms with Crippen LogP contribution in [0.15, 0.2) is 35.5 Å². The lowest BCUT2D eigenvalue weighted by molar-refractivity contribution is 0.314. The second-order valence-electron chi connectivity index (χ2n) is 7.37. The lowest BCUT2D eigenvalue weighted by Crippen LogP contribution is -2.41. The van der Waals surface area contributed by atoms with Crippen LogP contribution in [-0.4, -0.2) is 55.1 Å². The molecular weight excluding hydrogens is 437 g/mol. The highest BCUT2D eigenvalue weighted by Crippen LogP contribution is 2.31. The molecule has 0 amide bonds. The molecule has 0 radical (unpaired) electrons. The number of rotatable bonds is 6. The van der Waals surface area contributed by atoms with Gasteiger partial charge >= 0.3 is 0 Å². The summed E-state index contributed by atoms with van der Waals surface area (Å²) in [5, 5.41) is 8.28. The van der Waals surface area contributed by atoms with Crippen molar-refractivity contribution in [1.82, 2.24) is 20.5 Å². The summed E-state index contributed by atoms with van der Waals surface area (Å²) in [6.45, 7) is 4.45. The van der Waals surface area contributed by atoms with Crippen LogP contribution in [0.1, 0.15) is 24.8 Å². The number of H-pyrrole nitrogens is 1. The summed E-state index contributed by atoms with van der Waals surface area (Å²) < 4.78 is 0. The van der Waals surface area contributed by atoms with Crippen molar-refractivity contribution in [1.29, 1.82) is 0 Å². The van der Waals surface area contributed by atoms with Crippen molar-refractivity contribution in [3.8, 4) is 0 Å². The summed E-state index contributed by atoms with van der Waals surface area (Å²) in [5.41, 5.74) is 2.57. The highest BCUT2D eigenvalue weighted by molar-refractivity contribution is 14.0. The number of fused-ring (bicyclic) bond motifs is 1. The van der Waals surface area contributed by atoms with Crippen molar-refractivity contribution in [2.24, 2.45) is 10.9 Å². The molecule has 1 unspecified atom stereocenters. The summed E-state index contributed by atoms with van der Waals surface area (Å²) in [7, 11) is 1.85. The van der Waals surface area contributed by atoms with Crippen molar-refractivity contribution in [2.45, 2.75) is 31.7 Å². The van der Waals surface area contributed by atoms with Gasteiger partial charge in [-0.3, -0.25) is 4.99 Å². The molecule has 4 rings (SSSR count). The van der Waals surface area contributed by atoms with Gasteiger partial charge in [-0.25, -0.2) is 0 Å².